The standard InChI is InChI=1S/C18H21N3O3/c1-19-9-5-6-14(17(19)22)18(23)21-12-10-20(11-13-21)15-7-3-4-8-16(15)24-2/h3-9H,10-13H2,1-2H3. The number of nitrogens with zero attached hydrogens (tertiary/aromatic N) is 3. The molecule has 6 heteroatoms. The summed E-state index contributed by atoms with van der Waals surface area (Å²) < 4.78 is 6.83. The van der Waals surface area contributed by atoms with E-state index in [1.54, 1.807) is 37.4 Å². The van der Waals surface area contributed by atoms with E-state index in [-0.39, 0.29) is 17.0 Å². The molecule has 0 N–H and O–H groups in total. The van der Waals surface area contributed by atoms with Crippen molar-refractivity contribution in [2.75, 3.05) is 38.2 Å². The van der Waals surface area contributed by atoms with E-state index in [4.69, 9.17) is 4.74 Å². The molecule has 1 amide bonds. The number of hydrogen-bond donors (Lipinski definition) is 0. The number of rotatable bonds is 3. The maximum absolute atomic E-state index is 12.6. The van der Waals surface area contributed by atoms with Gasteiger partial charge in [0.2, 0.25) is 0 Å². The van der Waals surface area contributed by atoms with Crippen LogP contribution in [0.2, 0.25) is 0 Å². The lowest BCUT2D eigenvalue weighted by Gasteiger charge is -2.36. The molecule has 1 aromatic heterocycles. The minimum atomic E-state index is -0.255. The minimum Gasteiger partial charge on any atom is -0.495 e. The molecule has 0 aliphatic carbocycles. The van der Waals surface area contributed by atoms with Crippen LogP contribution in [0.1, 0.15) is 10.4 Å². The molecule has 3 rings (SSSR count). The number of carbonyl (C=O) groups excluding carboxylic acids is 1. The number of aromatic nitrogens is 1. The Bertz CT molecular complexity index is 792. The summed E-state index contributed by atoms with van der Waals surface area (Å²) in [5.41, 5.74) is 1.00. The highest BCUT2D eigenvalue weighted by molar-refractivity contribution is 5.94. The van der Waals surface area contributed by atoms with Crippen molar-refractivity contribution in [3.63, 3.8) is 0 Å². The molecule has 1 fully saturated rings. The van der Waals surface area contributed by atoms with E-state index in [1.807, 2.05) is 24.3 Å². The second-order valence-electron chi connectivity index (χ2n) is 5.79. The van der Waals surface area contributed by atoms with Crippen molar-refractivity contribution in [3.8, 4) is 5.75 Å². The zero-order valence-electron chi connectivity index (χ0n) is 13.9. The molecular formula is C18H21N3O3. The third-order valence-electron chi connectivity index (χ3n) is 4.35. The van der Waals surface area contributed by atoms with E-state index in [2.05, 4.69) is 4.90 Å². The van der Waals surface area contributed by atoms with Gasteiger partial charge in [0.05, 0.1) is 12.8 Å². The zero-order chi connectivity index (χ0) is 17.1. The van der Waals surface area contributed by atoms with Crippen molar-refractivity contribution < 1.29 is 9.53 Å². The fourth-order valence-electron chi connectivity index (χ4n) is 2.97. The third-order valence-corrected chi connectivity index (χ3v) is 4.35. The van der Waals surface area contributed by atoms with E-state index in [0.717, 1.165) is 11.4 Å². The topological polar surface area (TPSA) is 54.8 Å². The summed E-state index contributed by atoms with van der Waals surface area (Å²) in [7, 11) is 3.31. The number of amides is 1. The predicted molar refractivity (Wildman–Crippen MR) is 92.8 cm³/mol. The van der Waals surface area contributed by atoms with Crippen molar-refractivity contribution in [1.29, 1.82) is 0 Å². The quantitative estimate of drug-likeness (QED) is 0.854. The number of aryl methyl sites for hydroxylation is 1. The summed E-state index contributed by atoms with van der Waals surface area (Å²) in [6, 6.07) is 11.2. The van der Waals surface area contributed by atoms with Crippen molar-refractivity contribution in [2.24, 2.45) is 7.05 Å². The van der Waals surface area contributed by atoms with Gasteiger partial charge in [0, 0.05) is 39.4 Å². The highest BCUT2D eigenvalue weighted by Crippen LogP contribution is 2.28. The van der Waals surface area contributed by atoms with Crippen LogP contribution in [0.4, 0.5) is 5.69 Å². The first-order valence-corrected chi connectivity index (χ1v) is 7.94. The van der Waals surface area contributed by atoms with Crippen molar-refractivity contribution in [2.45, 2.75) is 0 Å². The van der Waals surface area contributed by atoms with Gasteiger partial charge in [-0.1, -0.05) is 12.1 Å². The van der Waals surface area contributed by atoms with Gasteiger partial charge < -0.3 is 19.1 Å². The number of anilines is 1. The molecule has 0 saturated carbocycles. The lowest BCUT2D eigenvalue weighted by Crippen LogP contribution is -2.49. The number of pyridine rings is 1. The molecule has 1 aliphatic heterocycles. The molecule has 2 aromatic rings. The number of benzene rings is 1. The smallest absolute Gasteiger partial charge is 0.263 e. The number of para-hydroxylation sites is 2. The van der Waals surface area contributed by atoms with Gasteiger partial charge in [-0.2, -0.15) is 0 Å². The number of carbonyl (C=O) groups is 1. The molecule has 1 saturated heterocycles. The summed E-state index contributed by atoms with van der Waals surface area (Å²) in [5, 5.41) is 0. The molecule has 1 aliphatic rings. The third kappa shape index (κ3) is 2.99. The van der Waals surface area contributed by atoms with Gasteiger partial charge in [0.25, 0.3) is 11.5 Å². The number of methoxy groups -OCH3 is 1. The van der Waals surface area contributed by atoms with Crippen LogP contribution in [-0.4, -0.2) is 48.7 Å². The molecular weight excluding hydrogens is 306 g/mol. The maximum Gasteiger partial charge on any atom is 0.263 e. The Morgan fingerprint density at radius 3 is 2.46 bits per heavy atom. The number of piperazine rings is 1. The zero-order valence-corrected chi connectivity index (χ0v) is 13.9. The average molecular weight is 327 g/mol. The second-order valence-corrected chi connectivity index (χ2v) is 5.79. The SMILES string of the molecule is COc1ccccc1N1CCN(C(=O)c2cccn(C)c2=O)CC1. The number of ether oxygens (including phenoxy) is 1. The molecule has 0 atom stereocenters. The van der Waals surface area contributed by atoms with Crippen LogP contribution in [-0.2, 0) is 7.05 Å². The Labute approximate surface area is 140 Å². The van der Waals surface area contributed by atoms with Gasteiger partial charge in [-0.25, -0.2) is 0 Å². The van der Waals surface area contributed by atoms with Crippen molar-refractivity contribution >= 4 is 11.6 Å². The van der Waals surface area contributed by atoms with Crippen LogP contribution < -0.4 is 15.2 Å². The van der Waals surface area contributed by atoms with E-state index in [0.29, 0.717) is 26.2 Å². The molecule has 0 bridgehead atoms. The Balaban J connectivity index is 1.72. The summed E-state index contributed by atoms with van der Waals surface area (Å²) in [4.78, 5) is 28.7. The molecule has 126 valence electrons. The summed E-state index contributed by atoms with van der Waals surface area (Å²) in [6.07, 6.45) is 1.65. The van der Waals surface area contributed by atoms with Gasteiger partial charge in [-0.05, 0) is 24.3 Å². The van der Waals surface area contributed by atoms with E-state index in [1.165, 1.54) is 4.57 Å². The molecule has 0 radical (unpaired) electrons. The maximum atomic E-state index is 12.6. The van der Waals surface area contributed by atoms with Crippen molar-refractivity contribution in [1.82, 2.24) is 9.47 Å². The second kappa shape index (κ2) is 6.78. The van der Waals surface area contributed by atoms with Crippen LogP contribution in [0, 0.1) is 0 Å². The largest absolute Gasteiger partial charge is 0.495 e. The molecule has 0 unspecified atom stereocenters. The van der Waals surface area contributed by atoms with Gasteiger partial charge in [0.1, 0.15) is 11.3 Å². The lowest BCUT2D eigenvalue weighted by atomic mass is 10.2. The van der Waals surface area contributed by atoms with E-state index in [9.17, 15) is 9.59 Å². The van der Waals surface area contributed by atoms with Gasteiger partial charge in [-0.3, -0.25) is 9.59 Å². The van der Waals surface area contributed by atoms with Gasteiger partial charge in [-0.15, -0.1) is 0 Å². The van der Waals surface area contributed by atoms with Crippen molar-refractivity contribution in [3.05, 3.63) is 58.5 Å². The fraction of sp³-hybridized carbons (Fsp3) is 0.333. The van der Waals surface area contributed by atoms with Crippen LogP contribution >= 0.6 is 0 Å². The van der Waals surface area contributed by atoms with Gasteiger partial charge >= 0.3 is 0 Å². The summed E-state index contributed by atoms with van der Waals surface area (Å²) >= 11 is 0. The lowest BCUT2D eigenvalue weighted by molar-refractivity contribution is 0.0744. The molecule has 1 aromatic carbocycles. The monoisotopic (exact) mass is 327 g/mol. The first kappa shape index (κ1) is 16.1. The summed E-state index contributed by atoms with van der Waals surface area (Å²) in [5.74, 6) is 0.630. The molecule has 24 heavy (non-hydrogen) atoms. The molecule has 0 spiro atoms. The Kier molecular flexibility index (Phi) is 4.55. The normalized spacial score (nSPS) is 14.6. The van der Waals surface area contributed by atoms with Crippen LogP contribution in [0.3, 0.4) is 0 Å². The van der Waals surface area contributed by atoms with Crippen LogP contribution in [0.5, 0.6) is 5.75 Å². The predicted octanol–water partition coefficient (Wildman–Crippen LogP) is 1.36. The average Bonchev–Trinajstić information content (AvgIpc) is 2.63. The number of hydrogen-bond acceptors (Lipinski definition) is 4. The fourth-order valence-corrected chi connectivity index (χ4v) is 2.97. The first-order chi connectivity index (χ1) is 11.6. The highest BCUT2D eigenvalue weighted by Gasteiger charge is 2.25. The highest BCUT2D eigenvalue weighted by atomic mass is 16.5. The molecule has 2 heterocycles. The summed E-state index contributed by atoms with van der Waals surface area (Å²) in [6.45, 7) is 2.57. The molecule has 6 nitrogen and oxygen atoms in total. The Morgan fingerprint density at radius 1 is 1.04 bits per heavy atom. The van der Waals surface area contributed by atoms with E-state index < -0.39 is 0 Å². The van der Waals surface area contributed by atoms with E-state index >= 15 is 0 Å². The van der Waals surface area contributed by atoms with Crippen LogP contribution in [0.25, 0.3) is 0 Å². The Hall–Kier alpha value is -2.76. The van der Waals surface area contributed by atoms with Gasteiger partial charge in [0.15, 0.2) is 0 Å². The minimum absolute atomic E-state index is 0.198. The first-order valence-electron chi connectivity index (χ1n) is 7.94. The Morgan fingerprint density at radius 2 is 1.75 bits per heavy atom. The van der Waals surface area contributed by atoms with Crippen LogP contribution in [0.15, 0.2) is 47.4 Å².